The van der Waals surface area contributed by atoms with Gasteiger partial charge in [-0.3, -0.25) is 9.97 Å². The van der Waals surface area contributed by atoms with Crippen LogP contribution in [0.1, 0.15) is 17.0 Å². The molecule has 0 radical (unpaired) electrons. The zero-order valence-electron chi connectivity index (χ0n) is 18.8. The van der Waals surface area contributed by atoms with E-state index in [1.807, 2.05) is 61.1 Å². The molecule has 0 bridgehead atoms. The molecule has 34 heavy (non-hydrogen) atoms. The molecule has 1 aliphatic heterocycles. The monoisotopic (exact) mass is 444 g/mol. The lowest BCUT2D eigenvalue weighted by atomic mass is 10.0. The predicted octanol–water partition coefficient (Wildman–Crippen LogP) is 5.83. The molecule has 5 heteroatoms. The Morgan fingerprint density at radius 1 is 0.853 bits per heavy atom. The van der Waals surface area contributed by atoms with Crippen LogP contribution in [-0.4, -0.2) is 21.5 Å². The lowest BCUT2D eigenvalue weighted by Crippen LogP contribution is -2.31. The van der Waals surface area contributed by atoms with Gasteiger partial charge < -0.3 is 9.64 Å². The fourth-order valence-corrected chi connectivity index (χ4v) is 4.53. The van der Waals surface area contributed by atoms with E-state index in [0.717, 1.165) is 53.1 Å². The van der Waals surface area contributed by atoms with Crippen LogP contribution in [0, 0.1) is 0 Å². The maximum atomic E-state index is 6.03. The minimum absolute atomic E-state index is 0.436. The summed E-state index contributed by atoms with van der Waals surface area (Å²) < 4.78 is 6.03. The van der Waals surface area contributed by atoms with Gasteiger partial charge in [-0.15, -0.1) is 0 Å². The van der Waals surface area contributed by atoms with Crippen molar-refractivity contribution in [2.24, 2.45) is 0 Å². The standard InChI is InChI=1S/C29H24N4O/c1-2-6-28-22(4-1)7-10-24(32-28)20-34-25-11-8-21(9-12-25)26-13-16-30-18-29(26)33-17-14-27-23(19-33)5-3-15-31-27/h1-13,15-16,18H,14,17,19-20H2. The van der Waals surface area contributed by atoms with Crippen LogP contribution in [0.15, 0.2) is 97.5 Å². The third-order valence-electron chi connectivity index (χ3n) is 6.31. The van der Waals surface area contributed by atoms with E-state index in [4.69, 9.17) is 9.72 Å². The van der Waals surface area contributed by atoms with Crippen molar-refractivity contribution in [2.45, 2.75) is 19.6 Å². The van der Waals surface area contributed by atoms with Gasteiger partial charge >= 0.3 is 0 Å². The molecule has 0 N–H and O–H groups in total. The zero-order valence-corrected chi connectivity index (χ0v) is 18.8. The summed E-state index contributed by atoms with van der Waals surface area (Å²) in [6, 6.07) is 26.8. The fourth-order valence-electron chi connectivity index (χ4n) is 4.53. The first-order valence-electron chi connectivity index (χ1n) is 11.5. The van der Waals surface area contributed by atoms with Crippen molar-refractivity contribution < 1.29 is 4.74 Å². The van der Waals surface area contributed by atoms with Crippen molar-refractivity contribution >= 4 is 16.6 Å². The molecule has 5 nitrogen and oxygen atoms in total. The highest BCUT2D eigenvalue weighted by atomic mass is 16.5. The van der Waals surface area contributed by atoms with Crippen LogP contribution in [-0.2, 0) is 19.6 Å². The van der Waals surface area contributed by atoms with Gasteiger partial charge in [0.25, 0.3) is 0 Å². The molecule has 5 aromatic rings. The first-order chi connectivity index (χ1) is 16.8. The molecule has 4 heterocycles. The summed E-state index contributed by atoms with van der Waals surface area (Å²) in [5, 5.41) is 1.14. The van der Waals surface area contributed by atoms with Gasteiger partial charge in [-0.1, -0.05) is 42.5 Å². The molecular weight excluding hydrogens is 420 g/mol. The Labute approximate surface area is 198 Å². The number of nitrogens with zero attached hydrogens (tertiary/aromatic N) is 4. The van der Waals surface area contributed by atoms with E-state index in [9.17, 15) is 0 Å². The van der Waals surface area contributed by atoms with Gasteiger partial charge in [0, 0.05) is 48.5 Å². The van der Waals surface area contributed by atoms with E-state index in [-0.39, 0.29) is 0 Å². The molecule has 2 aromatic carbocycles. The zero-order chi connectivity index (χ0) is 22.7. The first kappa shape index (κ1) is 20.4. The molecular formula is C29H24N4O. The third kappa shape index (κ3) is 4.08. The summed E-state index contributed by atoms with van der Waals surface area (Å²) in [4.78, 5) is 16.0. The first-order valence-corrected chi connectivity index (χ1v) is 11.5. The van der Waals surface area contributed by atoms with Gasteiger partial charge in [0.15, 0.2) is 0 Å². The molecule has 0 spiro atoms. The summed E-state index contributed by atoms with van der Waals surface area (Å²) in [5.41, 5.74) is 7.85. The van der Waals surface area contributed by atoms with Gasteiger partial charge in [0.1, 0.15) is 12.4 Å². The Kier molecular flexibility index (Phi) is 5.36. The van der Waals surface area contributed by atoms with Crippen LogP contribution >= 0.6 is 0 Å². The van der Waals surface area contributed by atoms with Gasteiger partial charge in [-0.2, -0.15) is 0 Å². The average molecular weight is 445 g/mol. The van der Waals surface area contributed by atoms with Crippen LogP contribution < -0.4 is 9.64 Å². The third-order valence-corrected chi connectivity index (χ3v) is 6.31. The second kappa shape index (κ2) is 8.94. The number of anilines is 1. The maximum Gasteiger partial charge on any atom is 0.130 e. The summed E-state index contributed by atoms with van der Waals surface area (Å²) >= 11 is 0. The Morgan fingerprint density at radius 3 is 2.71 bits per heavy atom. The normalized spacial score (nSPS) is 13.0. The van der Waals surface area contributed by atoms with Crippen LogP contribution in [0.25, 0.3) is 22.0 Å². The Balaban J connectivity index is 1.19. The number of rotatable bonds is 5. The Hall–Kier alpha value is -4.25. The topological polar surface area (TPSA) is 51.1 Å². The van der Waals surface area contributed by atoms with Crippen molar-refractivity contribution in [1.29, 1.82) is 0 Å². The number of fused-ring (bicyclic) bond motifs is 2. The molecule has 0 atom stereocenters. The number of benzene rings is 2. The molecule has 0 aliphatic carbocycles. The highest BCUT2D eigenvalue weighted by Gasteiger charge is 2.20. The van der Waals surface area contributed by atoms with Gasteiger partial charge in [-0.25, -0.2) is 4.98 Å². The molecule has 6 rings (SSSR count). The molecule has 0 saturated carbocycles. The van der Waals surface area contributed by atoms with Crippen LogP contribution in [0.4, 0.5) is 5.69 Å². The smallest absolute Gasteiger partial charge is 0.130 e. The van der Waals surface area contributed by atoms with E-state index in [2.05, 4.69) is 51.3 Å². The van der Waals surface area contributed by atoms with Crippen LogP contribution in [0.3, 0.4) is 0 Å². The lowest BCUT2D eigenvalue weighted by molar-refractivity contribution is 0.302. The molecule has 3 aromatic heterocycles. The molecule has 1 aliphatic rings. The Bertz CT molecular complexity index is 1450. The SMILES string of the molecule is c1cnc2c(c1)CN(c1cnccc1-c1ccc(OCc3ccc4ccccc4n3)cc1)CC2. The highest BCUT2D eigenvalue weighted by Crippen LogP contribution is 2.33. The lowest BCUT2D eigenvalue weighted by Gasteiger charge is -2.31. The number of aromatic nitrogens is 3. The van der Waals surface area contributed by atoms with Crippen LogP contribution in [0.2, 0.25) is 0 Å². The molecule has 0 amide bonds. The van der Waals surface area contributed by atoms with E-state index in [1.165, 1.54) is 16.8 Å². The Morgan fingerprint density at radius 2 is 1.76 bits per heavy atom. The fraction of sp³-hybridized carbons (Fsp3) is 0.138. The number of hydrogen-bond donors (Lipinski definition) is 0. The highest BCUT2D eigenvalue weighted by molar-refractivity contribution is 5.79. The van der Waals surface area contributed by atoms with Gasteiger partial charge in [0.05, 0.1) is 23.1 Å². The predicted molar refractivity (Wildman–Crippen MR) is 135 cm³/mol. The molecule has 0 fully saturated rings. The molecule has 0 unspecified atom stereocenters. The number of pyridine rings is 3. The number of hydrogen-bond acceptors (Lipinski definition) is 5. The van der Waals surface area contributed by atoms with Crippen molar-refractivity contribution in [3.63, 3.8) is 0 Å². The summed E-state index contributed by atoms with van der Waals surface area (Å²) in [6.45, 7) is 2.22. The van der Waals surface area contributed by atoms with E-state index in [1.54, 1.807) is 0 Å². The van der Waals surface area contributed by atoms with Crippen molar-refractivity contribution in [3.8, 4) is 16.9 Å². The maximum absolute atomic E-state index is 6.03. The van der Waals surface area contributed by atoms with Gasteiger partial charge in [-0.05, 0) is 47.5 Å². The second-order valence-corrected chi connectivity index (χ2v) is 8.48. The average Bonchev–Trinajstić information content (AvgIpc) is 2.92. The van der Waals surface area contributed by atoms with Gasteiger partial charge in [0.2, 0.25) is 0 Å². The van der Waals surface area contributed by atoms with Crippen molar-refractivity contribution in [2.75, 3.05) is 11.4 Å². The number of para-hydroxylation sites is 1. The van der Waals surface area contributed by atoms with Crippen LogP contribution in [0.5, 0.6) is 5.75 Å². The minimum Gasteiger partial charge on any atom is -0.487 e. The van der Waals surface area contributed by atoms with E-state index >= 15 is 0 Å². The minimum atomic E-state index is 0.436. The summed E-state index contributed by atoms with van der Waals surface area (Å²) in [6.07, 6.45) is 6.64. The molecule has 0 saturated heterocycles. The van der Waals surface area contributed by atoms with Crippen molar-refractivity contribution in [3.05, 3.63) is 114 Å². The quantitative estimate of drug-likeness (QED) is 0.341. The van der Waals surface area contributed by atoms with Crippen molar-refractivity contribution in [1.82, 2.24) is 15.0 Å². The largest absolute Gasteiger partial charge is 0.487 e. The van der Waals surface area contributed by atoms with E-state index < -0.39 is 0 Å². The second-order valence-electron chi connectivity index (χ2n) is 8.48. The number of ether oxygens (including phenoxy) is 1. The molecule has 166 valence electrons. The summed E-state index contributed by atoms with van der Waals surface area (Å²) in [5.74, 6) is 0.826. The summed E-state index contributed by atoms with van der Waals surface area (Å²) in [7, 11) is 0. The van der Waals surface area contributed by atoms with E-state index in [0.29, 0.717) is 6.61 Å².